The van der Waals surface area contributed by atoms with Crippen molar-refractivity contribution in [2.75, 3.05) is 19.1 Å². The number of hydrogen-bond donors (Lipinski definition) is 0. The molecule has 2 amide bonds. The molecule has 0 bridgehead atoms. The van der Waals surface area contributed by atoms with E-state index < -0.39 is 17.8 Å². The maximum atomic E-state index is 12.6. The van der Waals surface area contributed by atoms with Crippen LogP contribution in [-0.2, 0) is 4.74 Å². The van der Waals surface area contributed by atoms with Crippen molar-refractivity contribution in [3.05, 3.63) is 58.1 Å². The summed E-state index contributed by atoms with van der Waals surface area (Å²) in [7, 11) is 2.60. The molecule has 6 nitrogen and oxygen atoms in total. The zero-order valence-electron chi connectivity index (χ0n) is 12.8. The molecule has 7 heteroatoms. The second-order valence-electron chi connectivity index (χ2n) is 4.99. The van der Waals surface area contributed by atoms with Crippen LogP contribution in [0, 0.1) is 0 Å². The van der Waals surface area contributed by atoms with Crippen molar-refractivity contribution >= 4 is 35.1 Å². The van der Waals surface area contributed by atoms with Gasteiger partial charge in [-0.2, -0.15) is 0 Å². The van der Waals surface area contributed by atoms with Crippen LogP contribution in [0.3, 0.4) is 0 Å². The van der Waals surface area contributed by atoms with Gasteiger partial charge < -0.3 is 9.47 Å². The first kappa shape index (κ1) is 16.0. The number of rotatable bonds is 3. The summed E-state index contributed by atoms with van der Waals surface area (Å²) < 4.78 is 9.82. The molecule has 2 aromatic rings. The number of anilines is 1. The molecule has 0 fully saturated rings. The fourth-order valence-corrected chi connectivity index (χ4v) is 2.81. The molecule has 0 saturated carbocycles. The maximum absolute atomic E-state index is 12.6. The number of halogens is 1. The Morgan fingerprint density at radius 1 is 1.04 bits per heavy atom. The lowest BCUT2D eigenvalue weighted by Gasteiger charge is -2.18. The van der Waals surface area contributed by atoms with E-state index in [9.17, 15) is 14.4 Å². The Hall–Kier alpha value is -2.86. The summed E-state index contributed by atoms with van der Waals surface area (Å²) in [6.07, 6.45) is 0. The number of benzene rings is 2. The average Bonchev–Trinajstić information content (AvgIpc) is 2.86. The van der Waals surface area contributed by atoms with Crippen LogP contribution in [0.25, 0.3) is 0 Å². The topological polar surface area (TPSA) is 72.9 Å². The molecule has 1 heterocycles. The van der Waals surface area contributed by atoms with Crippen molar-refractivity contribution in [3.63, 3.8) is 0 Å². The highest BCUT2D eigenvalue weighted by atomic mass is 35.5. The molecule has 1 aliphatic heterocycles. The number of esters is 1. The summed E-state index contributed by atoms with van der Waals surface area (Å²) >= 11 is 6.26. The van der Waals surface area contributed by atoms with Gasteiger partial charge >= 0.3 is 5.97 Å². The van der Waals surface area contributed by atoms with Gasteiger partial charge in [-0.3, -0.25) is 9.59 Å². The molecular formula is C17H12ClNO5. The second-order valence-corrected chi connectivity index (χ2v) is 5.37. The second kappa shape index (κ2) is 5.98. The third-order valence-electron chi connectivity index (χ3n) is 3.70. The van der Waals surface area contributed by atoms with E-state index in [1.807, 2.05) is 0 Å². The Labute approximate surface area is 142 Å². The van der Waals surface area contributed by atoms with E-state index in [4.69, 9.17) is 16.3 Å². The van der Waals surface area contributed by atoms with E-state index in [1.165, 1.54) is 26.4 Å². The lowest BCUT2D eigenvalue weighted by molar-refractivity contribution is 0.0599. The van der Waals surface area contributed by atoms with Crippen molar-refractivity contribution in [2.45, 2.75) is 0 Å². The van der Waals surface area contributed by atoms with E-state index >= 15 is 0 Å². The smallest absolute Gasteiger partial charge is 0.338 e. The highest BCUT2D eigenvalue weighted by molar-refractivity contribution is 6.40. The molecule has 0 aromatic heterocycles. The Balaban J connectivity index is 2.18. The van der Waals surface area contributed by atoms with E-state index in [-0.39, 0.29) is 33.1 Å². The van der Waals surface area contributed by atoms with Crippen LogP contribution >= 0.6 is 11.6 Å². The number of amides is 2. The minimum atomic E-state index is -0.636. The monoisotopic (exact) mass is 345 g/mol. The Morgan fingerprint density at radius 2 is 1.62 bits per heavy atom. The number of carbonyl (C=O) groups is 3. The van der Waals surface area contributed by atoms with E-state index in [1.54, 1.807) is 24.3 Å². The molecule has 0 spiro atoms. The molecule has 0 atom stereocenters. The third-order valence-corrected chi connectivity index (χ3v) is 4.08. The number of carbonyl (C=O) groups excluding carboxylic acids is 3. The lowest BCUT2D eigenvalue weighted by atomic mass is 10.1. The van der Waals surface area contributed by atoms with Crippen LogP contribution in [0.5, 0.6) is 5.75 Å². The van der Waals surface area contributed by atoms with Gasteiger partial charge in [0.1, 0.15) is 10.8 Å². The number of nitrogens with zero attached hydrogens (tertiary/aromatic N) is 1. The summed E-state index contributed by atoms with van der Waals surface area (Å²) in [5, 5.41) is 0.0552. The van der Waals surface area contributed by atoms with E-state index in [0.29, 0.717) is 0 Å². The normalized spacial score (nSPS) is 13.0. The van der Waals surface area contributed by atoms with Crippen molar-refractivity contribution < 1.29 is 23.9 Å². The SMILES string of the molecule is COC(=O)c1cc(OC)c(Cl)c(N2C(=O)c3ccccc3C2=O)c1. The van der Waals surface area contributed by atoms with Gasteiger partial charge in [0.25, 0.3) is 11.8 Å². The summed E-state index contributed by atoms with van der Waals surface area (Å²) in [5.74, 6) is -1.50. The average molecular weight is 346 g/mol. The van der Waals surface area contributed by atoms with Gasteiger partial charge in [0.15, 0.2) is 0 Å². The Morgan fingerprint density at radius 3 is 2.12 bits per heavy atom. The fraction of sp³-hybridized carbons (Fsp3) is 0.118. The number of ether oxygens (including phenoxy) is 2. The largest absolute Gasteiger partial charge is 0.495 e. The minimum Gasteiger partial charge on any atom is -0.495 e. The summed E-state index contributed by atoms with van der Waals surface area (Å²) in [4.78, 5) is 38.0. The van der Waals surface area contributed by atoms with Gasteiger partial charge in [0.05, 0.1) is 36.6 Å². The Bertz CT molecular complexity index is 842. The minimum absolute atomic E-state index is 0.0552. The molecule has 2 aromatic carbocycles. The number of imide groups is 1. The molecule has 0 saturated heterocycles. The fourth-order valence-electron chi connectivity index (χ4n) is 2.54. The molecule has 0 aliphatic carbocycles. The summed E-state index contributed by atoms with van der Waals surface area (Å²) in [6, 6.07) is 9.17. The zero-order valence-corrected chi connectivity index (χ0v) is 13.6. The van der Waals surface area contributed by atoms with Crippen LogP contribution in [-0.4, -0.2) is 32.0 Å². The number of hydrogen-bond acceptors (Lipinski definition) is 5. The van der Waals surface area contributed by atoms with Crippen molar-refractivity contribution in [1.29, 1.82) is 0 Å². The van der Waals surface area contributed by atoms with Gasteiger partial charge in [0, 0.05) is 0 Å². The third kappa shape index (κ3) is 2.32. The van der Waals surface area contributed by atoms with Gasteiger partial charge in [-0.25, -0.2) is 9.69 Å². The predicted molar refractivity (Wildman–Crippen MR) is 86.9 cm³/mol. The van der Waals surface area contributed by atoms with Crippen LogP contribution in [0.4, 0.5) is 5.69 Å². The van der Waals surface area contributed by atoms with Gasteiger partial charge in [-0.1, -0.05) is 23.7 Å². The maximum Gasteiger partial charge on any atom is 0.338 e. The molecule has 0 radical (unpaired) electrons. The van der Waals surface area contributed by atoms with Crippen molar-refractivity contribution in [3.8, 4) is 5.75 Å². The number of methoxy groups -OCH3 is 2. The van der Waals surface area contributed by atoms with Crippen LogP contribution in [0.15, 0.2) is 36.4 Å². The standard InChI is InChI=1S/C17H12ClNO5/c1-23-13-8-9(17(22)24-2)7-12(14(13)18)19-15(20)10-5-3-4-6-11(10)16(19)21/h3-8H,1-2H3. The first-order valence-corrected chi connectivity index (χ1v) is 7.31. The van der Waals surface area contributed by atoms with E-state index in [0.717, 1.165) is 4.90 Å². The summed E-state index contributed by atoms with van der Waals surface area (Å²) in [5.41, 5.74) is 0.745. The van der Waals surface area contributed by atoms with Crippen molar-refractivity contribution in [2.24, 2.45) is 0 Å². The van der Waals surface area contributed by atoms with E-state index in [2.05, 4.69) is 4.74 Å². The van der Waals surface area contributed by atoms with Gasteiger partial charge in [0.2, 0.25) is 0 Å². The first-order chi connectivity index (χ1) is 11.5. The van der Waals surface area contributed by atoms with Crippen LogP contribution < -0.4 is 9.64 Å². The predicted octanol–water partition coefficient (Wildman–Crippen LogP) is 2.94. The van der Waals surface area contributed by atoms with Crippen LogP contribution in [0.1, 0.15) is 31.1 Å². The van der Waals surface area contributed by atoms with Crippen molar-refractivity contribution in [1.82, 2.24) is 0 Å². The number of fused-ring (bicyclic) bond motifs is 1. The highest BCUT2D eigenvalue weighted by Gasteiger charge is 2.38. The highest BCUT2D eigenvalue weighted by Crippen LogP contribution is 2.39. The lowest BCUT2D eigenvalue weighted by Crippen LogP contribution is -2.30. The molecular weight excluding hydrogens is 334 g/mol. The zero-order chi connectivity index (χ0) is 17.4. The summed E-state index contributed by atoms with van der Waals surface area (Å²) in [6.45, 7) is 0. The van der Waals surface area contributed by atoms with Gasteiger partial charge in [-0.15, -0.1) is 0 Å². The molecule has 3 rings (SSSR count). The molecule has 0 unspecified atom stereocenters. The molecule has 1 aliphatic rings. The Kier molecular flexibility index (Phi) is 3.99. The quantitative estimate of drug-likeness (QED) is 0.631. The van der Waals surface area contributed by atoms with Gasteiger partial charge in [-0.05, 0) is 24.3 Å². The first-order valence-electron chi connectivity index (χ1n) is 6.93. The molecule has 0 N–H and O–H groups in total. The molecule has 24 heavy (non-hydrogen) atoms. The van der Waals surface area contributed by atoms with Crippen LogP contribution in [0.2, 0.25) is 5.02 Å². The molecule has 122 valence electrons.